The van der Waals surface area contributed by atoms with Gasteiger partial charge in [0.1, 0.15) is 10.0 Å². The van der Waals surface area contributed by atoms with Crippen LogP contribution in [0.4, 0.5) is 0 Å². The lowest BCUT2D eigenvalue weighted by Gasteiger charge is -2.00. The van der Waals surface area contributed by atoms with Gasteiger partial charge in [-0.3, -0.25) is 0 Å². The van der Waals surface area contributed by atoms with E-state index in [1.54, 1.807) is 0 Å². The summed E-state index contributed by atoms with van der Waals surface area (Å²) >= 11 is 8.63. The average Bonchev–Trinajstić information content (AvgIpc) is 2.67. The Morgan fingerprint density at radius 2 is 2.29 bits per heavy atom. The first kappa shape index (κ1) is 12.3. The molecule has 2 rings (SSSR count). The SMILES string of the molecule is Cc1nnc(Sc2ncc(C(=O)O)cc2Cl)s1. The van der Waals surface area contributed by atoms with E-state index in [0.29, 0.717) is 10.0 Å². The molecule has 17 heavy (non-hydrogen) atoms. The van der Waals surface area contributed by atoms with E-state index in [9.17, 15) is 4.79 Å². The maximum atomic E-state index is 10.7. The molecule has 2 aromatic heterocycles. The van der Waals surface area contributed by atoms with Gasteiger partial charge in [-0.1, -0.05) is 22.9 Å². The summed E-state index contributed by atoms with van der Waals surface area (Å²) in [4.78, 5) is 14.7. The third-order valence-corrected chi connectivity index (χ3v) is 4.05. The number of hydrogen-bond acceptors (Lipinski definition) is 6. The molecule has 0 saturated carbocycles. The third kappa shape index (κ3) is 2.93. The van der Waals surface area contributed by atoms with Crippen molar-refractivity contribution in [3.05, 3.63) is 27.9 Å². The van der Waals surface area contributed by atoms with Crippen LogP contribution < -0.4 is 0 Å². The van der Waals surface area contributed by atoms with Crippen LogP contribution in [0.1, 0.15) is 15.4 Å². The molecule has 0 spiro atoms. The van der Waals surface area contributed by atoms with Gasteiger partial charge in [0.25, 0.3) is 0 Å². The Morgan fingerprint density at radius 3 is 2.82 bits per heavy atom. The zero-order chi connectivity index (χ0) is 12.4. The van der Waals surface area contributed by atoms with E-state index < -0.39 is 5.97 Å². The quantitative estimate of drug-likeness (QED) is 0.935. The number of nitrogens with zero attached hydrogens (tertiary/aromatic N) is 3. The number of aromatic nitrogens is 3. The van der Waals surface area contributed by atoms with Gasteiger partial charge in [0.15, 0.2) is 4.34 Å². The number of carbonyl (C=O) groups is 1. The molecule has 0 aliphatic rings. The minimum Gasteiger partial charge on any atom is -0.478 e. The highest BCUT2D eigenvalue weighted by atomic mass is 35.5. The smallest absolute Gasteiger partial charge is 0.337 e. The predicted molar refractivity (Wildman–Crippen MR) is 65.0 cm³/mol. The molecule has 1 N–H and O–H groups in total. The normalized spacial score (nSPS) is 10.5. The summed E-state index contributed by atoms with van der Waals surface area (Å²) in [5.41, 5.74) is 0.0628. The van der Waals surface area contributed by atoms with Gasteiger partial charge in [-0.15, -0.1) is 10.2 Å². The summed E-state index contributed by atoms with van der Waals surface area (Å²) in [6.07, 6.45) is 1.27. The highest BCUT2D eigenvalue weighted by molar-refractivity contribution is 8.01. The maximum Gasteiger partial charge on any atom is 0.337 e. The van der Waals surface area contributed by atoms with Crippen LogP contribution in [0.5, 0.6) is 0 Å². The molecule has 2 heterocycles. The molecular weight excluding hydrogens is 282 g/mol. The number of rotatable bonds is 3. The molecule has 0 atom stereocenters. The van der Waals surface area contributed by atoms with Crippen molar-refractivity contribution < 1.29 is 9.90 Å². The Kier molecular flexibility index (Phi) is 3.60. The maximum absolute atomic E-state index is 10.7. The number of hydrogen-bond donors (Lipinski definition) is 1. The number of carboxylic acids is 1. The molecule has 0 aliphatic carbocycles. The van der Waals surface area contributed by atoms with Crippen LogP contribution in [0.3, 0.4) is 0 Å². The van der Waals surface area contributed by atoms with Crippen molar-refractivity contribution in [1.82, 2.24) is 15.2 Å². The van der Waals surface area contributed by atoms with Crippen LogP contribution >= 0.6 is 34.7 Å². The number of aromatic carboxylic acids is 1. The van der Waals surface area contributed by atoms with Gasteiger partial charge in [0.2, 0.25) is 0 Å². The van der Waals surface area contributed by atoms with Crippen molar-refractivity contribution in [2.75, 3.05) is 0 Å². The molecule has 0 aliphatic heterocycles. The highest BCUT2D eigenvalue weighted by Crippen LogP contribution is 2.33. The van der Waals surface area contributed by atoms with E-state index in [0.717, 1.165) is 9.35 Å². The Bertz CT molecular complexity index is 573. The first-order valence-electron chi connectivity index (χ1n) is 4.43. The van der Waals surface area contributed by atoms with E-state index >= 15 is 0 Å². The van der Waals surface area contributed by atoms with Crippen molar-refractivity contribution in [1.29, 1.82) is 0 Å². The lowest BCUT2D eigenvalue weighted by Crippen LogP contribution is -1.97. The van der Waals surface area contributed by atoms with Gasteiger partial charge in [-0.05, 0) is 24.8 Å². The fraction of sp³-hybridized carbons (Fsp3) is 0.111. The zero-order valence-corrected chi connectivity index (χ0v) is 10.9. The minimum atomic E-state index is -1.05. The van der Waals surface area contributed by atoms with Crippen LogP contribution in [-0.4, -0.2) is 26.3 Å². The van der Waals surface area contributed by atoms with Crippen molar-refractivity contribution in [2.24, 2.45) is 0 Å². The van der Waals surface area contributed by atoms with Gasteiger partial charge < -0.3 is 5.11 Å². The molecule has 0 bridgehead atoms. The van der Waals surface area contributed by atoms with Gasteiger partial charge in [0, 0.05) is 6.20 Å². The first-order chi connectivity index (χ1) is 8.06. The van der Waals surface area contributed by atoms with Gasteiger partial charge in [0.05, 0.1) is 10.6 Å². The average molecular weight is 288 g/mol. The van der Waals surface area contributed by atoms with E-state index in [4.69, 9.17) is 16.7 Å². The van der Waals surface area contributed by atoms with Crippen LogP contribution in [0, 0.1) is 6.92 Å². The molecule has 0 radical (unpaired) electrons. The predicted octanol–water partition coefficient (Wildman–Crippen LogP) is 2.74. The van der Waals surface area contributed by atoms with Crippen LogP contribution in [0.15, 0.2) is 21.6 Å². The number of carboxylic acid groups (broad SMARTS) is 1. The summed E-state index contributed by atoms with van der Waals surface area (Å²) in [5, 5.41) is 18.2. The van der Waals surface area contributed by atoms with E-state index in [1.165, 1.54) is 35.4 Å². The molecule has 5 nitrogen and oxygen atoms in total. The Hall–Kier alpha value is -1.18. The van der Waals surface area contributed by atoms with E-state index in [-0.39, 0.29) is 5.56 Å². The number of pyridine rings is 1. The Labute approximate surface area is 110 Å². The van der Waals surface area contributed by atoms with Crippen molar-refractivity contribution >= 4 is 40.7 Å². The standard InChI is InChI=1S/C9H6ClN3O2S2/c1-4-12-13-9(16-4)17-7-6(10)2-5(3-11-7)8(14)15/h2-3H,1H3,(H,14,15). The molecule has 0 fully saturated rings. The second-order valence-corrected chi connectivity index (χ2v) is 5.83. The van der Waals surface area contributed by atoms with E-state index in [2.05, 4.69) is 15.2 Å². The minimum absolute atomic E-state index is 0.0628. The Balaban J connectivity index is 2.25. The van der Waals surface area contributed by atoms with Crippen molar-refractivity contribution in [2.45, 2.75) is 16.3 Å². The fourth-order valence-corrected chi connectivity index (χ4v) is 2.99. The lowest BCUT2D eigenvalue weighted by molar-refractivity contribution is 0.0696. The molecule has 0 aromatic carbocycles. The molecule has 8 heteroatoms. The van der Waals surface area contributed by atoms with Crippen LogP contribution in [0.25, 0.3) is 0 Å². The van der Waals surface area contributed by atoms with Crippen molar-refractivity contribution in [3.63, 3.8) is 0 Å². The van der Waals surface area contributed by atoms with Gasteiger partial charge in [-0.25, -0.2) is 9.78 Å². The second kappa shape index (κ2) is 4.99. The molecule has 2 aromatic rings. The summed E-state index contributed by atoms with van der Waals surface area (Å²) in [5.74, 6) is -1.05. The molecule has 0 amide bonds. The molecule has 0 unspecified atom stereocenters. The number of aryl methyl sites for hydroxylation is 1. The molecular formula is C9H6ClN3O2S2. The Morgan fingerprint density at radius 1 is 1.53 bits per heavy atom. The van der Waals surface area contributed by atoms with Crippen LogP contribution in [0.2, 0.25) is 5.02 Å². The monoisotopic (exact) mass is 287 g/mol. The summed E-state index contributed by atoms with van der Waals surface area (Å²) in [7, 11) is 0. The van der Waals surface area contributed by atoms with E-state index in [1.807, 2.05) is 6.92 Å². The molecule has 0 saturated heterocycles. The lowest BCUT2D eigenvalue weighted by atomic mass is 10.3. The number of halogens is 1. The summed E-state index contributed by atoms with van der Waals surface area (Å²) in [6.45, 7) is 1.85. The van der Waals surface area contributed by atoms with Crippen LogP contribution in [-0.2, 0) is 0 Å². The van der Waals surface area contributed by atoms with Gasteiger partial charge >= 0.3 is 5.97 Å². The second-order valence-electron chi connectivity index (χ2n) is 3.01. The first-order valence-corrected chi connectivity index (χ1v) is 6.44. The highest BCUT2D eigenvalue weighted by Gasteiger charge is 2.11. The van der Waals surface area contributed by atoms with Gasteiger partial charge in [-0.2, -0.15) is 0 Å². The third-order valence-electron chi connectivity index (χ3n) is 1.75. The zero-order valence-electron chi connectivity index (χ0n) is 8.55. The van der Waals surface area contributed by atoms with Crippen molar-refractivity contribution in [3.8, 4) is 0 Å². The molecule has 88 valence electrons. The summed E-state index contributed by atoms with van der Waals surface area (Å²) in [6, 6.07) is 1.37. The largest absolute Gasteiger partial charge is 0.478 e. The topological polar surface area (TPSA) is 76.0 Å². The fourth-order valence-electron chi connectivity index (χ4n) is 1.02. The summed E-state index contributed by atoms with van der Waals surface area (Å²) < 4.78 is 0.722.